The molecule has 2 aliphatic rings. The van der Waals surface area contributed by atoms with E-state index in [1.807, 2.05) is 4.90 Å². The zero-order chi connectivity index (χ0) is 21.3. The van der Waals surface area contributed by atoms with E-state index in [1.165, 1.54) is 30.3 Å². The van der Waals surface area contributed by atoms with Crippen molar-refractivity contribution in [2.45, 2.75) is 31.5 Å². The van der Waals surface area contributed by atoms with Crippen molar-refractivity contribution in [1.29, 1.82) is 0 Å². The molecule has 0 aliphatic carbocycles. The summed E-state index contributed by atoms with van der Waals surface area (Å²) >= 11 is 5.94. The normalized spacial score (nSPS) is 20.9. The van der Waals surface area contributed by atoms with Crippen molar-refractivity contribution in [1.82, 2.24) is 9.80 Å². The van der Waals surface area contributed by atoms with Gasteiger partial charge < -0.3 is 14.7 Å². The number of carbonyl (C=O) groups is 2. The first-order chi connectivity index (χ1) is 14.4. The summed E-state index contributed by atoms with van der Waals surface area (Å²) in [6.45, 7) is 1.98. The highest BCUT2D eigenvalue weighted by Crippen LogP contribution is 2.31. The third-order valence-corrected chi connectivity index (χ3v) is 5.93. The van der Waals surface area contributed by atoms with Crippen LogP contribution in [0.1, 0.15) is 28.8 Å². The van der Waals surface area contributed by atoms with Crippen LogP contribution in [0.2, 0.25) is 5.02 Å². The van der Waals surface area contributed by atoms with Crippen LogP contribution in [0.25, 0.3) is 0 Å². The molecule has 2 fully saturated rings. The molecular formula is C22H22ClFN2O4. The summed E-state index contributed by atoms with van der Waals surface area (Å²) in [6.07, 6.45) is 1.85. The van der Waals surface area contributed by atoms with Gasteiger partial charge in [0.1, 0.15) is 17.1 Å². The third kappa shape index (κ3) is 4.42. The molecule has 1 amide bonds. The number of hydrogen-bond acceptors (Lipinski definition) is 4. The molecular weight excluding hydrogens is 411 g/mol. The van der Waals surface area contributed by atoms with Gasteiger partial charge in [0.15, 0.2) is 6.61 Å². The average Bonchev–Trinajstić information content (AvgIpc) is 2.98. The van der Waals surface area contributed by atoms with Gasteiger partial charge in [-0.2, -0.15) is 0 Å². The lowest BCUT2D eigenvalue weighted by Crippen LogP contribution is -2.56. The standard InChI is InChI=1S/C22H22ClFN2O4/c23-15-3-8-19(22(28)29)20(9-15)30-13-21(27)26-17-6-7-18(26)12-25(11-17)10-14-1-4-16(24)5-2-14/h1-5,8-9,17-18H,6-7,10-13H2,(H,28,29). The Morgan fingerprint density at radius 3 is 2.40 bits per heavy atom. The van der Waals surface area contributed by atoms with Gasteiger partial charge in [-0.1, -0.05) is 23.7 Å². The summed E-state index contributed by atoms with van der Waals surface area (Å²) in [5, 5.41) is 9.63. The van der Waals surface area contributed by atoms with Crippen LogP contribution in [0.15, 0.2) is 42.5 Å². The molecule has 1 N–H and O–H groups in total. The summed E-state index contributed by atoms with van der Waals surface area (Å²) in [4.78, 5) is 28.4. The number of carboxylic acids is 1. The van der Waals surface area contributed by atoms with Gasteiger partial charge in [-0.05, 0) is 48.7 Å². The van der Waals surface area contributed by atoms with E-state index in [9.17, 15) is 19.1 Å². The highest BCUT2D eigenvalue weighted by molar-refractivity contribution is 6.30. The maximum atomic E-state index is 13.1. The van der Waals surface area contributed by atoms with Gasteiger partial charge in [0.05, 0.1) is 0 Å². The number of benzene rings is 2. The number of fused-ring (bicyclic) bond motifs is 2. The Hall–Kier alpha value is -2.64. The van der Waals surface area contributed by atoms with Crippen LogP contribution >= 0.6 is 11.6 Å². The fraction of sp³-hybridized carbons (Fsp3) is 0.364. The number of nitrogens with zero attached hydrogens (tertiary/aromatic N) is 2. The second-order valence-electron chi connectivity index (χ2n) is 7.74. The van der Waals surface area contributed by atoms with Gasteiger partial charge in [0.2, 0.25) is 0 Å². The lowest BCUT2D eigenvalue weighted by molar-refractivity contribution is -0.139. The summed E-state index contributed by atoms with van der Waals surface area (Å²) < 4.78 is 18.7. The molecule has 2 heterocycles. The first-order valence-corrected chi connectivity index (χ1v) is 10.2. The molecule has 2 aliphatic heterocycles. The maximum absolute atomic E-state index is 13.1. The lowest BCUT2D eigenvalue weighted by atomic mass is 10.1. The van der Waals surface area contributed by atoms with E-state index in [2.05, 4.69) is 4.90 Å². The molecule has 4 rings (SSSR count). The van der Waals surface area contributed by atoms with Crippen molar-refractivity contribution in [3.63, 3.8) is 0 Å². The van der Waals surface area contributed by atoms with Crippen molar-refractivity contribution in [3.05, 3.63) is 64.4 Å². The number of likely N-dealkylation sites (tertiary alicyclic amines) is 1. The quantitative estimate of drug-likeness (QED) is 0.757. The second kappa shape index (κ2) is 8.62. The molecule has 2 aromatic carbocycles. The smallest absolute Gasteiger partial charge is 0.339 e. The Balaban J connectivity index is 1.38. The number of aromatic carboxylic acids is 1. The molecule has 8 heteroatoms. The van der Waals surface area contributed by atoms with Gasteiger partial charge in [-0.15, -0.1) is 0 Å². The monoisotopic (exact) mass is 432 g/mol. The molecule has 2 bridgehead atoms. The SMILES string of the molecule is O=C(O)c1ccc(Cl)cc1OCC(=O)N1C2CCC1CN(Cc1ccc(F)cc1)C2. The fourth-order valence-electron chi connectivity index (χ4n) is 4.38. The molecule has 158 valence electrons. The summed E-state index contributed by atoms with van der Waals surface area (Å²) in [6, 6.07) is 10.9. The largest absolute Gasteiger partial charge is 0.483 e. The zero-order valence-electron chi connectivity index (χ0n) is 16.3. The Bertz CT molecular complexity index is 939. The molecule has 0 radical (unpaired) electrons. The van der Waals surface area contributed by atoms with E-state index in [0.717, 1.165) is 38.0 Å². The van der Waals surface area contributed by atoms with Gasteiger partial charge >= 0.3 is 5.97 Å². The number of rotatable bonds is 6. The molecule has 6 nitrogen and oxygen atoms in total. The minimum atomic E-state index is -1.14. The molecule has 2 aromatic rings. The number of halogens is 2. The maximum Gasteiger partial charge on any atom is 0.339 e. The summed E-state index contributed by atoms with van der Waals surface area (Å²) in [7, 11) is 0. The summed E-state index contributed by atoms with van der Waals surface area (Å²) in [5.41, 5.74) is 1.01. The van der Waals surface area contributed by atoms with Gasteiger partial charge in [-0.25, -0.2) is 9.18 Å². The van der Waals surface area contributed by atoms with Crippen molar-refractivity contribution in [3.8, 4) is 5.75 Å². The highest BCUT2D eigenvalue weighted by Gasteiger charge is 2.42. The first-order valence-electron chi connectivity index (χ1n) is 9.84. The Kier molecular flexibility index (Phi) is 5.92. The number of ether oxygens (including phenoxy) is 1. The van der Waals surface area contributed by atoms with Gasteiger partial charge in [-0.3, -0.25) is 9.69 Å². The molecule has 2 unspecified atom stereocenters. The van der Waals surface area contributed by atoms with E-state index in [4.69, 9.17) is 16.3 Å². The molecule has 2 atom stereocenters. The van der Waals surface area contributed by atoms with E-state index in [0.29, 0.717) is 5.02 Å². The van der Waals surface area contributed by atoms with Crippen molar-refractivity contribution >= 4 is 23.5 Å². The Morgan fingerprint density at radius 1 is 1.10 bits per heavy atom. The van der Waals surface area contributed by atoms with E-state index in [-0.39, 0.29) is 41.7 Å². The minimum Gasteiger partial charge on any atom is -0.483 e. The number of piperazine rings is 1. The molecule has 30 heavy (non-hydrogen) atoms. The molecule has 0 saturated carbocycles. The van der Waals surface area contributed by atoms with Crippen molar-refractivity contribution in [2.24, 2.45) is 0 Å². The zero-order valence-corrected chi connectivity index (χ0v) is 17.0. The average molecular weight is 433 g/mol. The van der Waals surface area contributed by atoms with Crippen LogP contribution in [0.4, 0.5) is 4.39 Å². The Morgan fingerprint density at radius 2 is 1.77 bits per heavy atom. The van der Waals surface area contributed by atoms with Gasteiger partial charge in [0.25, 0.3) is 5.91 Å². The Labute approximate surface area is 178 Å². The molecule has 0 aromatic heterocycles. The van der Waals surface area contributed by atoms with Gasteiger partial charge in [0, 0.05) is 36.7 Å². The number of carboxylic acid groups (broad SMARTS) is 1. The minimum absolute atomic E-state index is 0.0284. The number of hydrogen-bond donors (Lipinski definition) is 1. The first kappa shape index (κ1) is 20.6. The van der Waals surface area contributed by atoms with Crippen LogP contribution < -0.4 is 4.74 Å². The number of carbonyl (C=O) groups excluding carboxylic acids is 1. The molecule has 2 saturated heterocycles. The lowest BCUT2D eigenvalue weighted by Gasteiger charge is -2.41. The predicted molar refractivity (Wildman–Crippen MR) is 109 cm³/mol. The van der Waals surface area contributed by atoms with Crippen molar-refractivity contribution in [2.75, 3.05) is 19.7 Å². The van der Waals surface area contributed by atoms with Crippen LogP contribution in [0.3, 0.4) is 0 Å². The fourth-order valence-corrected chi connectivity index (χ4v) is 4.54. The summed E-state index contributed by atoms with van der Waals surface area (Å²) in [5.74, 6) is -1.45. The van der Waals surface area contributed by atoms with Crippen molar-refractivity contribution < 1.29 is 23.8 Å². The van der Waals surface area contributed by atoms with Crippen LogP contribution in [-0.4, -0.2) is 58.6 Å². The second-order valence-corrected chi connectivity index (χ2v) is 8.18. The van der Waals surface area contributed by atoms with E-state index < -0.39 is 5.97 Å². The highest BCUT2D eigenvalue weighted by atomic mass is 35.5. The molecule has 0 spiro atoms. The van der Waals surface area contributed by atoms with Crippen LogP contribution in [0, 0.1) is 5.82 Å². The third-order valence-electron chi connectivity index (χ3n) is 5.69. The number of amides is 1. The van der Waals surface area contributed by atoms with Crippen LogP contribution in [-0.2, 0) is 11.3 Å². The topological polar surface area (TPSA) is 70.1 Å². The van der Waals surface area contributed by atoms with Crippen LogP contribution in [0.5, 0.6) is 5.75 Å². The van der Waals surface area contributed by atoms with E-state index >= 15 is 0 Å². The van der Waals surface area contributed by atoms with E-state index in [1.54, 1.807) is 12.1 Å². The predicted octanol–water partition coefficient (Wildman–Crippen LogP) is 3.43.